The van der Waals surface area contributed by atoms with E-state index in [0.29, 0.717) is 44.8 Å². The number of H-pyrrole nitrogens is 2. The van der Waals surface area contributed by atoms with Crippen LogP contribution in [0, 0.1) is 5.41 Å². The lowest BCUT2D eigenvalue weighted by Crippen LogP contribution is -2.51. The first-order valence-corrected chi connectivity index (χ1v) is 15.5. The zero-order chi connectivity index (χ0) is 31.3. The number of rotatable bonds is 6. The Bertz CT molecular complexity index is 1810. The molecular formula is C32H37N9O4. The van der Waals surface area contributed by atoms with Crippen LogP contribution in [0.25, 0.3) is 22.3 Å². The van der Waals surface area contributed by atoms with Crippen LogP contribution in [0.5, 0.6) is 0 Å². The maximum atomic E-state index is 13.4. The van der Waals surface area contributed by atoms with Crippen molar-refractivity contribution in [1.29, 1.82) is 0 Å². The summed E-state index contributed by atoms with van der Waals surface area (Å²) in [6.45, 7) is 7.09. The van der Waals surface area contributed by atoms with Crippen LogP contribution >= 0.6 is 0 Å². The van der Waals surface area contributed by atoms with E-state index in [1.165, 1.54) is 11.3 Å². The normalized spacial score (nSPS) is 18.3. The maximum Gasteiger partial charge on any atom is 0.324 e. The summed E-state index contributed by atoms with van der Waals surface area (Å²) in [5.41, 5.74) is 6.97. The Hall–Kier alpha value is -4.94. The van der Waals surface area contributed by atoms with E-state index in [4.69, 9.17) is 0 Å². The number of hydrogen-bond donors (Lipinski definition) is 3. The van der Waals surface area contributed by atoms with Crippen molar-refractivity contribution in [2.75, 3.05) is 32.7 Å². The molecule has 0 bridgehead atoms. The van der Waals surface area contributed by atoms with Crippen molar-refractivity contribution in [2.45, 2.75) is 52.6 Å². The average Bonchev–Trinajstić information content (AvgIpc) is 3.75. The molecule has 5 amide bonds. The van der Waals surface area contributed by atoms with Crippen molar-refractivity contribution < 1.29 is 19.2 Å². The highest BCUT2D eigenvalue weighted by Crippen LogP contribution is 2.38. The van der Waals surface area contributed by atoms with Crippen LogP contribution in [-0.2, 0) is 35.5 Å². The molecule has 7 rings (SSSR count). The molecule has 45 heavy (non-hydrogen) atoms. The number of urea groups is 1. The van der Waals surface area contributed by atoms with Crippen LogP contribution in [0.2, 0.25) is 0 Å². The van der Waals surface area contributed by atoms with E-state index in [-0.39, 0.29) is 36.1 Å². The monoisotopic (exact) mass is 611 g/mol. The molecule has 4 aromatic rings. The molecule has 2 fully saturated rings. The predicted molar refractivity (Wildman–Crippen MR) is 165 cm³/mol. The number of nitrogens with one attached hydrogen (secondary N) is 3. The molecule has 234 valence electrons. The summed E-state index contributed by atoms with van der Waals surface area (Å²) in [5.74, 6) is -0.412. The van der Waals surface area contributed by atoms with E-state index in [1.807, 2.05) is 18.2 Å². The highest BCUT2D eigenvalue weighted by Gasteiger charge is 2.30. The van der Waals surface area contributed by atoms with Crippen LogP contribution < -0.4 is 5.32 Å². The Morgan fingerprint density at radius 3 is 2.60 bits per heavy atom. The number of amides is 5. The lowest BCUT2D eigenvalue weighted by Gasteiger charge is -2.34. The number of nitrogens with zero attached hydrogens (tertiary/aromatic N) is 6. The van der Waals surface area contributed by atoms with Gasteiger partial charge < -0.3 is 19.7 Å². The molecule has 0 unspecified atom stereocenters. The molecule has 2 saturated heterocycles. The van der Waals surface area contributed by atoms with Crippen LogP contribution in [-0.4, -0.2) is 96.1 Å². The van der Waals surface area contributed by atoms with Crippen molar-refractivity contribution in [2.24, 2.45) is 5.41 Å². The highest BCUT2D eigenvalue weighted by atomic mass is 16.2. The number of hydrogen-bond acceptors (Lipinski definition) is 6. The lowest BCUT2D eigenvalue weighted by molar-refractivity contribution is -0.133. The zero-order valence-electron chi connectivity index (χ0n) is 25.6. The van der Waals surface area contributed by atoms with Gasteiger partial charge in [-0.25, -0.2) is 4.79 Å². The second kappa shape index (κ2) is 11.2. The molecule has 3 aromatic heterocycles. The first-order valence-electron chi connectivity index (χ1n) is 15.5. The Morgan fingerprint density at radius 1 is 1.00 bits per heavy atom. The molecule has 13 heteroatoms. The third kappa shape index (κ3) is 5.81. The number of aromatic amines is 2. The van der Waals surface area contributed by atoms with E-state index in [9.17, 15) is 19.2 Å². The molecule has 1 aromatic carbocycles. The third-order valence-electron chi connectivity index (χ3n) is 9.20. The Balaban J connectivity index is 0.945. The number of imide groups is 1. The fraction of sp³-hybridized carbons (Fsp3) is 0.438. The van der Waals surface area contributed by atoms with Gasteiger partial charge in [0.2, 0.25) is 11.8 Å². The number of carbonyl (C=O) groups excluding carboxylic acids is 4. The van der Waals surface area contributed by atoms with Crippen LogP contribution in [0.15, 0.2) is 36.7 Å². The fourth-order valence-electron chi connectivity index (χ4n) is 6.58. The first kappa shape index (κ1) is 28.8. The Morgan fingerprint density at radius 2 is 1.80 bits per heavy atom. The van der Waals surface area contributed by atoms with Crippen molar-refractivity contribution in [3.8, 4) is 11.4 Å². The third-order valence-corrected chi connectivity index (χ3v) is 9.20. The Kier molecular flexibility index (Phi) is 7.17. The molecule has 2 aliphatic heterocycles. The summed E-state index contributed by atoms with van der Waals surface area (Å²) in [6, 6.07) is 7.42. The minimum Gasteiger partial charge on any atom is -0.353 e. The van der Waals surface area contributed by atoms with Crippen LogP contribution in [0.1, 0.15) is 53.9 Å². The van der Waals surface area contributed by atoms with Crippen molar-refractivity contribution in [1.82, 2.24) is 45.0 Å². The average molecular weight is 612 g/mol. The SMILES string of the molecule is CC1(C)CCc2c(-c3cc4ccc(C(=O)N5CCN(C(=O)Cn6cc(CN7CCC(=O)NC7=O)cn6)CC5)cc4[nH]3)n[nH]c2C1. The van der Waals surface area contributed by atoms with Gasteiger partial charge in [0.25, 0.3) is 5.91 Å². The molecule has 1 aliphatic carbocycles. The van der Waals surface area contributed by atoms with Gasteiger partial charge in [-0.05, 0) is 42.9 Å². The number of carbonyl (C=O) groups is 4. The van der Waals surface area contributed by atoms with E-state index in [0.717, 1.165) is 47.1 Å². The van der Waals surface area contributed by atoms with Gasteiger partial charge >= 0.3 is 6.03 Å². The lowest BCUT2D eigenvalue weighted by atomic mass is 9.76. The van der Waals surface area contributed by atoms with Gasteiger partial charge in [0.1, 0.15) is 12.2 Å². The summed E-state index contributed by atoms with van der Waals surface area (Å²) in [4.78, 5) is 58.4. The van der Waals surface area contributed by atoms with Gasteiger partial charge in [-0.15, -0.1) is 0 Å². The number of piperazine rings is 1. The summed E-state index contributed by atoms with van der Waals surface area (Å²) < 4.78 is 1.56. The number of aromatic nitrogens is 5. The molecule has 0 spiro atoms. The van der Waals surface area contributed by atoms with Crippen molar-refractivity contribution in [3.05, 3.63) is 59.0 Å². The van der Waals surface area contributed by atoms with E-state index in [1.54, 1.807) is 31.8 Å². The van der Waals surface area contributed by atoms with Gasteiger partial charge in [-0.3, -0.25) is 29.5 Å². The number of benzene rings is 1. The highest BCUT2D eigenvalue weighted by molar-refractivity contribution is 5.99. The van der Waals surface area contributed by atoms with Gasteiger partial charge in [-0.1, -0.05) is 19.9 Å². The number of fused-ring (bicyclic) bond motifs is 2. The van der Waals surface area contributed by atoms with Crippen molar-refractivity contribution >= 4 is 34.7 Å². The van der Waals surface area contributed by atoms with Crippen LogP contribution in [0.4, 0.5) is 4.79 Å². The second-order valence-corrected chi connectivity index (χ2v) is 13.1. The molecule has 3 aliphatic rings. The summed E-state index contributed by atoms with van der Waals surface area (Å²) in [5, 5.41) is 15.5. The first-order chi connectivity index (χ1) is 21.6. The van der Waals surface area contributed by atoms with E-state index >= 15 is 0 Å². The molecule has 0 saturated carbocycles. The standard InChI is InChI=1S/C32H37N9O4/c1-32(2)7-5-23-26(15-32)36-37-29(23)25-13-21-3-4-22(14-24(21)34-25)30(44)39-11-9-38(10-12-39)28(43)19-41-18-20(16-33-41)17-40-8-6-27(42)35-31(40)45/h3-4,13-14,16,18,34H,5-12,15,17,19H2,1-2H3,(H,36,37)(H,35,42,45). The minimum atomic E-state index is -0.420. The van der Waals surface area contributed by atoms with E-state index in [2.05, 4.69) is 45.5 Å². The summed E-state index contributed by atoms with van der Waals surface area (Å²) in [6.07, 6.45) is 6.74. The molecule has 13 nitrogen and oxygen atoms in total. The quantitative estimate of drug-likeness (QED) is 0.305. The Labute approximate surface area is 259 Å². The van der Waals surface area contributed by atoms with Crippen LogP contribution in [0.3, 0.4) is 0 Å². The van der Waals surface area contributed by atoms with Gasteiger partial charge in [0, 0.05) is 78.6 Å². The summed E-state index contributed by atoms with van der Waals surface area (Å²) >= 11 is 0. The van der Waals surface area contributed by atoms with Gasteiger partial charge in [-0.2, -0.15) is 10.2 Å². The second-order valence-electron chi connectivity index (χ2n) is 13.1. The molecule has 0 atom stereocenters. The van der Waals surface area contributed by atoms with Gasteiger partial charge in [0.05, 0.1) is 18.4 Å². The zero-order valence-corrected chi connectivity index (χ0v) is 25.6. The molecule has 0 radical (unpaired) electrons. The van der Waals surface area contributed by atoms with Crippen molar-refractivity contribution in [3.63, 3.8) is 0 Å². The molecule has 3 N–H and O–H groups in total. The molecular weight excluding hydrogens is 574 g/mol. The van der Waals surface area contributed by atoms with E-state index < -0.39 is 6.03 Å². The topological polar surface area (TPSA) is 152 Å². The smallest absolute Gasteiger partial charge is 0.324 e. The maximum absolute atomic E-state index is 13.4. The molecule has 5 heterocycles. The predicted octanol–water partition coefficient (Wildman–Crippen LogP) is 2.70. The summed E-state index contributed by atoms with van der Waals surface area (Å²) in [7, 11) is 0. The minimum absolute atomic E-state index is 0.0558. The van der Waals surface area contributed by atoms with Gasteiger partial charge in [0.15, 0.2) is 0 Å². The fourth-order valence-corrected chi connectivity index (χ4v) is 6.58. The largest absolute Gasteiger partial charge is 0.353 e.